The largest absolute Gasteiger partial charge is 0.467 e. The Kier molecular flexibility index (Phi) is 5.28. The van der Waals surface area contributed by atoms with Crippen molar-refractivity contribution in [1.29, 1.82) is 0 Å². The van der Waals surface area contributed by atoms with E-state index in [9.17, 15) is 0 Å². The summed E-state index contributed by atoms with van der Waals surface area (Å²) < 4.78 is 10.0. The molecule has 1 heterocycles. The maximum atomic E-state index is 5.97. The normalized spacial score (nSPS) is 12.2. The lowest BCUT2D eigenvalue weighted by Crippen LogP contribution is -2.24. The van der Waals surface area contributed by atoms with Gasteiger partial charge in [-0.2, -0.15) is 4.98 Å². The minimum Gasteiger partial charge on any atom is -0.467 e. The summed E-state index contributed by atoms with van der Waals surface area (Å²) in [4.78, 5) is 8.03. The SMILES string of the molecule is CCC(COC)Nc1nc(OC)ncc1Cl. The zero-order valence-electron chi connectivity index (χ0n) is 9.66. The average Bonchev–Trinajstić information content (AvgIpc) is 2.31. The first kappa shape index (κ1) is 13.0. The predicted molar refractivity (Wildman–Crippen MR) is 63.2 cm³/mol. The molecule has 0 aromatic carbocycles. The van der Waals surface area contributed by atoms with E-state index in [1.807, 2.05) is 0 Å². The molecule has 1 N–H and O–H groups in total. The van der Waals surface area contributed by atoms with Gasteiger partial charge in [-0.25, -0.2) is 4.98 Å². The third-order valence-electron chi connectivity index (χ3n) is 2.11. The van der Waals surface area contributed by atoms with Crippen LogP contribution in [0.25, 0.3) is 0 Å². The highest BCUT2D eigenvalue weighted by atomic mass is 35.5. The quantitative estimate of drug-likeness (QED) is 0.831. The predicted octanol–water partition coefficient (Wildman–Crippen LogP) is 1.98. The Morgan fingerprint density at radius 1 is 1.50 bits per heavy atom. The van der Waals surface area contributed by atoms with Crippen LogP contribution in [0.5, 0.6) is 6.01 Å². The van der Waals surface area contributed by atoms with Crippen LogP contribution in [0.4, 0.5) is 5.82 Å². The highest BCUT2D eigenvalue weighted by molar-refractivity contribution is 6.32. The van der Waals surface area contributed by atoms with Gasteiger partial charge in [-0.3, -0.25) is 0 Å². The molecule has 0 aliphatic carbocycles. The van der Waals surface area contributed by atoms with Crippen LogP contribution in [-0.4, -0.2) is 36.8 Å². The summed E-state index contributed by atoms with van der Waals surface area (Å²) in [5.41, 5.74) is 0. The van der Waals surface area contributed by atoms with Crippen LogP contribution in [0.3, 0.4) is 0 Å². The molecule has 1 rings (SSSR count). The molecule has 1 unspecified atom stereocenters. The van der Waals surface area contributed by atoms with Gasteiger partial charge in [0.25, 0.3) is 0 Å². The lowest BCUT2D eigenvalue weighted by molar-refractivity contribution is 0.184. The molecule has 1 aromatic heterocycles. The van der Waals surface area contributed by atoms with Crippen LogP contribution < -0.4 is 10.1 Å². The minimum absolute atomic E-state index is 0.169. The van der Waals surface area contributed by atoms with Gasteiger partial charge in [0.05, 0.1) is 26.0 Å². The number of halogens is 1. The maximum absolute atomic E-state index is 5.97. The van der Waals surface area contributed by atoms with Crippen LogP contribution in [0.2, 0.25) is 5.02 Å². The van der Waals surface area contributed by atoms with E-state index in [4.69, 9.17) is 21.1 Å². The molecule has 0 radical (unpaired) electrons. The summed E-state index contributed by atoms with van der Waals surface area (Å²) in [7, 11) is 3.17. The number of aromatic nitrogens is 2. The number of ether oxygens (including phenoxy) is 2. The number of hydrogen-bond acceptors (Lipinski definition) is 5. The molecule has 0 spiro atoms. The van der Waals surface area contributed by atoms with E-state index in [1.54, 1.807) is 7.11 Å². The van der Waals surface area contributed by atoms with Crippen molar-refractivity contribution in [2.45, 2.75) is 19.4 Å². The van der Waals surface area contributed by atoms with E-state index < -0.39 is 0 Å². The van der Waals surface area contributed by atoms with Gasteiger partial charge in [0.2, 0.25) is 0 Å². The number of anilines is 1. The first-order chi connectivity index (χ1) is 7.71. The zero-order valence-corrected chi connectivity index (χ0v) is 10.4. The molecule has 0 saturated heterocycles. The van der Waals surface area contributed by atoms with E-state index in [1.165, 1.54) is 13.3 Å². The second-order valence-electron chi connectivity index (χ2n) is 3.26. The van der Waals surface area contributed by atoms with Gasteiger partial charge in [0.1, 0.15) is 5.02 Å². The van der Waals surface area contributed by atoms with Crippen LogP contribution in [0, 0.1) is 0 Å². The molecular weight excluding hydrogens is 230 g/mol. The molecule has 16 heavy (non-hydrogen) atoms. The second kappa shape index (κ2) is 6.50. The molecule has 90 valence electrons. The van der Waals surface area contributed by atoms with Crippen molar-refractivity contribution in [3.8, 4) is 6.01 Å². The van der Waals surface area contributed by atoms with Gasteiger partial charge in [0.15, 0.2) is 5.82 Å². The van der Waals surface area contributed by atoms with Crippen molar-refractivity contribution < 1.29 is 9.47 Å². The Hall–Kier alpha value is -1.07. The van der Waals surface area contributed by atoms with Crippen molar-refractivity contribution in [2.75, 3.05) is 26.1 Å². The number of nitrogens with one attached hydrogen (secondary N) is 1. The summed E-state index contributed by atoms with van der Waals surface area (Å²) in [6, 6.07) is 0.460. The summed E-state index contributed by atoms with van der Waals surface area (Å²) in [6.45, 7) is 2.65. The molecule has 5 nitrogen and oxygen atoms in total. The molecule has 0 saturated carbocycles. The van der Waals surface area contributed by atoms with Crippen LogP contribution >= 0.6 is 11.6 Å². The van der Waals surface area contributed by atoms with Gasteiger partial charge in [-0.1, -0.05) is 18.5 Å². The Balaban J connectivity index is 2.77. The fourth-order valence-corrected chi connectivity index (χ4v) is 1.35. The number of nitrogens with zero attached hydrogens (tertiary/aromatic N) is 2. The van der Waals surface area contributed by atoms with E-state index in [0.717, 1.165) is 6.42 Å². The molecule has 0 fully saturated rings. The van der Waals surface area contributed by atoms with Crippen LogP contribution in [-0.2, 0) is 4.74 Å². The molecule has 0 amide bonds. The van der Waals surface area contributed by atoms with Gasteiger partial charge < -0.3 is 14.8 Å². The van der Waals surface area contributed by atoms with Crippen molar-refractivity contribution in [1.82, 2.24) is 9.97 Å². The fraction of sp³-hybridized carbons (Fsp3) is 0.600. The smallest absolute Gasteiger partial charge is 0.318 e. The van der Waals surface area contributed by atoms with Gasteiger partial charge in [-0.05, 0) is 6.42 Å². The fourth-order valence-electron chi connectivity index (χ4n) is 1.21. The van der Waals surface area contributed by atoms with Crippen LogP contribution in [0.15, 0.2) is 6.20 Å². The molecule has 0 aliphatic rings. The Labute approximate surface area is 100 Å². The Morgan fingerprint density at radius 2 is 2.25 bits per heavy atom. The highest BCUT2D eigenvalue weighted by Gasteiger charge is 2.11. The average molecular weight is 246 g/mol. The van der Waals surface area contributed by atoms with Gasteiger partial charge >= 0.3 is 6.01 Å². The summed E-state index contributed by atoms with van der Waals surface area (Å²) in [6.07, 6.45) is 2.42. The lowest BCUT2D eigenvalue weighted by Gasteiger charge is -2.17. The summed E-state index contributed by atoms with van der Waals surface area (Å²) >= 11 is 5.97. The standard InChI is InChI=1S/C10H16ClN3O2/c1-4-7(6-15-2)13-9-8(11)5-12-10(14-9)16-3/h5,7H,4,6H2,1-3H3,(H,12,13,14). The number of hydrogen-bond donors (Lipinski definition) is 1. The van der Waals surface area contributed by atoms with E-state index in [2.05, 4.69) is 22.2 Å². The van der Waals surface area contributed by atoms with E-state index in [0.29, 0.717) is 23.5 Å². The van der Waals surface area contributed by atoms with Gasteiger partial charge in [-0.15, -0.1) is 0 Å². The molecule has 1 aromatic rings. The topological polar surface area (TPSA) is 56.3 Å². The minimum atomic E-state index is 0.169. The lowest BCUT2D eigenvalue weighted by atomic mass is 10.2. The van der Waals surface area contributed by atoms with E-state index in [-0.39, 0.29) is 6.04 Å². The highest BCUT2D eigenvalue weighted by Crippen LogP contribution is 2.21. The zero-order chi connectivity index (χ0) is 12.0. The van der Waals surface area contributed by atoms with E-state index >= 15 is 0 Å². The monoisotopic (exact) mass is 245 g/mol. The Bertz CT molecular complexity index is 336. The van der Waals surface area contributed by atoms with Crippen LogP contribution in [0.1, 0.15) is 13.3 Å². The molecular formula is C10H16ClN3O2. The number of methoxy groups -OCH3 is 2. The third kappa shape index (κ3) is 3.50. The van der Waals surface area contributed by atoms with Gasteiger partial charge in [0, 0.05) is 7.11 Å². The first-order valence-electron chi connectivity index (χ1n) is 5.03. The molecule has 0 aliphatic heterocycles. The number of rotatable bonds is 6. The molecule has 1 atom stereocenters. The van der Waals surface area contributed by atoms with Crippen molar-refractivity contribution in [3.63, 3.8) is 0 Å². The maximum Gasteiger partial charge on any atom is 0.318 e. The van der Waals surface area contributed by atoms with Crippen molar-refractivity contribution in [3.05, 3.63) is 11.2 Å². The molecule has 6 heteroatoms. The third-order valence-corrected chi connectivity index (χ3v) is 2.38. The summed E-state index contributed by atoms with van der Waals surface area (Å²) in [5.74, 6) is 0.567. The first-order valence-corrected chi connectivity index (χ1v) is 5.41. The molecule has 0 bridgehead atoms. The Morgan fingerprint density at radius 3 is 2.81 bits per heavy atom. The van der Waals surface area contributed by atoms with Crippen molar-refractivity contribution >= 4 is 17.4 Å². The van der Waals surface area contributed by atoms with Crippen molar-refractivity contribution in [2.24, 2.45) is 0 Å². The second-order valence-corrected chi connectivity index (χ2v) is 3.67. The summed E-state index contributed by atoms with van der Waals surface area (Å²) in [5, 5.41) is 3.65.